The molecule has 1 aromatic rings. The Morgan fingerprint density at radius 2 is 2.05 bits per heavy atom. The lowest BCUT2D eigenvalue weighted by atomic mass is 10.1. The average Bonchev–Trinajstić information content (AvgIpc) is 2.83. The van der Waals surface area contributed by atoms with Crippen LogP contribution >= 0.6 is 0 Å². The van der Waals surface area contributed by atoms with Crippen LogP contribution in [-0.2, 0) is 0 Å². The Morgan fingerprint density at radius 1 is 1.42 bits per heavy atom. The van der Waals surface area contributed by atoms with Gasteiger partial charge in [0.25, 0.3) is 5.69 Å². The number of nitro benzene ring substituents is 1. The topological polar surface area (TPSA) is 92.5 Å². The Morgan fingerprint density at radius 3 is 2.58 bits per heavy atom. The van der Waals surface area contributed by atoms with Crippen LogP contribution in [0.1, 0.15) is 36.0 Å². The summed E-state index contributed by atoms with van der Waals surface area (Å²) in [5.41, 5.74) is -0.934. The number of rotatable bonds is 4. The van der Waals surface area contributed by atoms with E-state index in [-0.39, 0.29) is 11.7 Å². The van der Waals surface area contributed by atoms with Crippen molar-refractivity contribution in [1.82, 2.24) is 0 Å². The molecule has 0 amide bonds. The summed E-state index contributed by atoms with van der Waals surface area (Å²) in [6.07, 6.45) is 3.80. The van der Waals surface area contributed by atoms with Crippen molar-refractivity contribution >= 4 is 17.3 Å². The molecule has 0 saturated heterocycles. The van der Waals surface area contributed by atoms with Crippen LogP contribution in [0.4, 0.5) is 15.8 Å². The largest absolute Gasteiger partial charge is 0.478 e. The minimum Gasteiger partial charge on any atom is -0.478 e. The Kier molecular flexibility index (Phi) is 3.64. The molecule has 1 aliphatic carbocycles. The van der Waals surface area contributed by atoms with Gasteiger partial charge in [0.2, 0.25) is 0 Å². The van der Waals surface area contributed by atoms with Crippen molar-refractivity contribution in [3.8, 4) is 0 Å². The number of benzene rings is 1. The highest BCUT2D eigenvalue weighted by Gasteiger charge is 2.24. The van der Waals surface area contributed by atoms with Gasteiger partial charge in [-0.25, -0.2) is 9.18 Å². The second-order valence-electron chi connectivity index (χ2n) is 4.54. The van der Waals surface area contributed by atoms with Crippen LogP contribution in [-0.4, -0.2) is 22.0 Å². The van der Waals surface area contributed by atoms with Gasteiger partial charge < -0.3 is 10.4 Å². The van der Waals surface area contributed by atoms with Gasteiger partial charge in [-0.3, -0.25) is 10.1 Å². The smallest absolute Gasteiger partial charge is 0.338 e. The molecule has 1 aliphatic rings. The van der Waals surface area contributed by atoms with Crippen LogP contribution in [0.2, 0.25) is 0 Å². The first kappa shape index (κ1) is 13.3. The molecule has 102 valence electrons. The minimum atomic E-state index is -1.44. The second-order valence-corrected chi connectivity index (χ2v) is 4.54. The van der Waals surface area contributed by atoms with Crippen molar-refractivity contribution in [2.75, 3.05) is 5.32 Å². The molecule has 0 aromatic heterocycles. The van der Waals surface area contributed by atoms with Crippen molar-refractivity contribution < 1.29 is 19.2 Å². The zero-order chi connectivity index (χ0) is 14.0. The molecule has 2 N–H and O–H groups in total. The standard InChI is InChI=1S/C12H13FN2O4/c13-9-6-11(15(18)19)10(5-8(9)12(16)17)14-7-3-1-2-4-7/h5-7,14H,1-4H2,(H,16,17). The van der Waals surface area contributed by atoms with E-state index in [2.05, 4.69) is 5.32 Å². The maximum atomic E-state index is 13.4. The number of nitro groups is 1. The van der Waals surface area contributed by atoms with Gasteiger partial charge in [-0.2, -0.15) is 0 Å². The van der Waals surface area contributed by atoms with Gasteiger partial charge >= 0.3 is 5.97 Å². The first-order valence-corrected chi connectivity index (χ1v) is 5.97. The first-order valence-electron chi connectivity index (χ1n) is 5.97. The number of hydrogen-bond acceptors (Lipinski definition) is 4. The van der Waals surface area contributed by atoms with Gasteiger partial charge in [-0.1, -0.05) is 12.8 Å². The number of aromatic carboxylic acids is 1. The molecule has 7 heteroatoms. The van der Waals surface area contributed by atoms with Crippen LogP contribution < -0.4 is 5.32 Å². The molecule has 0 spiro atoms. The molecular formula is C12H13FN2O4. The maximum Gasteiger partial charge on any atom is 0.338 e. The summed E-state index contributed by atoms with van der Waals surface area (Å²) in [5, 5.41) is 22.7. The predicted molar refractivity (Wildman–Crippen MR) is 65.9 cm³/mol. The fraction of sp³-hybridized carbons (Fsp3) is 0.417. The summed E-state index contributed by atoms with van der Waals surface area (Å²) in [5.74, 6) is -2.54. The predicted octanol–water partition coefficient (Wildman–Crippen LogP) is 2.79. The highest BCUT2D eigenvalue weighted by molar-refractivity contribution is 5.90. The van der Waals surface area contributed by atoms with Gasteiger partial charge in [0.1, 0.15) is 11.5 Å². The summed E-state index contributed by atoms with van der Waals surface area (Å²) in [6, 6.07) is 1.72. The number of halogens is 1. The lowest BCUT2D eigenvalue weighted by Crippen LogP contribution is -2.16. The number of carboxylic acid groups (broad SMARTS) is 1. The summed E-state index contributed by atoms with van der Waals surface area (Å²) in [7, 11) is 0. The van der Waals surface area contributed by atoms with Crippen LogP contribution in [0.15, 0.2) is 12.1 Å². The van der Waals surface area contributed by atoms with Crippen LogP contribution in [0, 0.1) is 15.9 Å². The third-order valence-electron chi connectivity index (χ3n) is 3.23. The molecule has 1 saturated carbocycles. The number of carboxylic acids is 1. The minimum absolute atomic E-state index is 0.0655. The van der Waals surface area contributed by atoms with E-state index in [9.17, 15) is 19.3 Å². The van der Waals surface area contributed by atoms with E-state index in [4.69, 9.17) is 5.11 Å². The normalized spacial score (nSPS) is 15.4. The van der Waals surface area contributed by atoms with Crippen molar-refractivity contribution in [2.45, 2.75) is 31.7 Å². The highest BCUT2D eigenvalue weighted by atomic mass is 19.1. The molecule has 19 heavy (non-hydrogen) atoms. The van der Waals surface area contributed by atoms with E-state index >= 15 is 0 Å². The Bertz CT molecular complexity index is 527. The van der Waals surface area contributed by atoms with E-state index in [0.29, 0.717) is 6.07 Å². The summed E-state index contributed by atoms with van der Waals surface area (Å²) < 4.78 is 13.4. The number of carbonyl (C=O) groups is 1. The van der Waals surface area contributed by atoms with E-state index in [0.717, 1.165) is 31.7 Å². The summed E-state index contributed by atoms with van der Waals surface area (Å²) in [4.78, 5) is 21.0. The number of nitrogens with one attached hydrogen (secondary N) is 1. The molecule has 0 unspecified atom stereocenters. The SMILES string of the molecule is O=C(O)c1cc(NC2CCCC2)c([N+](=O)[O-])cc1F. The molecule has 2 rings (SSSR count). The van der Waals surface area contributed by atoms with Crippen molar-refractivity contribution in [3.05, 3.63) is 33.6 Å². The molecule has 0 heterocycles. The molecule has 0 radical (unpaired) electrons. The molecule has 0 bridgehead atoms. The third-order valence-corrected chi connectivity index (χ3v) is 3.23. The zero-order valence-corrected chi connectivity index (χ0v) is 10.1. The van der Waals surface area contributed by atoms with Crippen molar-refractivity contribution in [3.63, 3.8) is 0 Å². The molecule has 0 aliphatic heterocycles. The highest BCUT2D eigenvalue weighted by Crippen LogP contribution is 2.31. The quantitative estimate of drug-likeness (QED) is 0.647. The monoisotopic (exact) mass is 268 g/mol. The van der Waals surface area contributed by atoms with Crippen LogP contribution in [0.5, 0.6) is 0 Å². The van der Waals surface area contributed by atoms with Crippen LogP contribution in [0.3, 0.4) is 0 Å². The number of nitrogens with zero attached hydrogens (tertiary/aromatic N) is 1. The maximum absolute atomic E-state index is 13.4. The third kappa shape index (κ3) is 2.81. The van der Waals surface area contributed by atoms with Crippen molar-refractivity contribution in [2.24, 2.45) is 0 Å². The Labute approximate surface area is 108 Å². The fourth-order valence-electron chi connectivity index (χ4n) is 2.28. The van der Waals surface area contributed by atoms with E-state index < -0.39 is 28.0 Å². The second kappa shape index (κ2) is 5.21. The molecular weight excluding hydrogens is 255 g/mol. The molecule has 1 fully saturated rings. The van der Waals surface area contributed by atoms with E-state index in [1.807, 2.05) is 0 Å². The van der Waals surface area contributed by atoms with Gasteiger partial charge in [-0.15, -0.1) is 0 Å². The number of anilines is 1. The summed E-state index contributed by atoms with van der Waals surface area (Å²) >= 11 is 0. The molecule has 6 nitrogen and oxygen atoms in total. The lowest BCUT2D eigenvalue weighted by Gasteiger charge is -2.14. The first-order chi connectivity index (χ1) is 8.99. The number of hydrogen-bond donors (Lipinski definition) is 2. The Hall–Kier alpha value is -2.18. The lowest BCUT2D eigenvalue weighted by molar-refractivity contribution is -0.384. The molecule has 1 aromatic carbocycles. The van der Waals surface area contributed by atoms with Crippen molar-refractivity contribution in [1.29, 1.82) is 0 Å². The van der Waals surface area contributed by atoms with Gasteiger partial charge in [0.15, 0.2) is 0 Å². The van der Waals surface area contributed by atoms with Gasteiger partial charge in [0, 0.05) is 6.04 Å². The Balaban J connectivity index is 2.39. The van der Waals surface area contributed by atoms with E-state index in [1.165, 1.54) is 0 Å². The zero-order valence-electron chi connectivity index (χ0n) is 10.1. The van der Waals surface area contributed by atoms with Crippen LogP contribution in [0.25, 0.3) is 0 Å². The van der Waals surface area contributed by atoms with Gasteiger partial charge in [0.05, 0.1) is 16.6 Å². The summed E-state index contributed by atoms with van der Waals surface area (Å²) in [6.45, 7) is 0. The fourth-order valence-corrected chi connectivity index (χ4v) is 2.28. The average molecular weight is 268 g/mol. The molecule has 0 atom stereocenters. The van der Waals surface area contributed by atoms with Gasteiger partial charge in [-0.05, 0) is 18.9 Å². The van der Waals surface area contributed by atoms with E-state index in [1.54, 1.807) is 0 Å².